The SMILES string of the molecule is COc1ccccc1N1CC(CCN2CCC(n3c(=S)[nH]c4ccccc43)CC2)OC1=O. The van der Waals surface area contributed by atoms with Gasteiger partial charge in [-0.1, -0.05) is 24.3 Å². The van der Waals surface area contributed by atoms with Crippen LogP contribution in [0.5, 0.6) is 5.75 Å². The average molecular weight is 453 g/mol. The number of ether oxygens (including phenoxy) is 2. The van der Waals surface area contributed by atoms with Crippen LogP contribution in [0.4, 0.5) is 10.5 Å². The van der Waals surface area contributed by atoms with Gasteiger partial charge in [0.2, 0.25) is 0 Å². The molecule has 3 aromatic rings. The van der Waals surface area contributed by atoms with Gasteiger partial charge in [-0.3, -0.25) is 4.90 Å². The number of aromatic amines is 1. The molecule has 8 heteroatoms. The van der Waals surface area contributed by atoms with Gasteiger partial charge >= 0.3 is 6.09 Å². The number of benzene rings is 2. The van der Waals surface area contributed by atoms with Crippen LogP contribution in [0.1, 0.15) is 25.3 Å². The zero-order valence-electron chi connectivity index (χ0n) is 18.2. The molecule has 0 radical (unpaired) electrons. The van der Waals surface area contributed by atoms with Crippen molar-refractivity contribution in [3.05, 3.63) is 53.3 Å². The van der Waals surface area contributed by atoms with E-state index in [1.54, 1.807) is 12.0 Å². The average Bonchev–Trinajstić information content (AvgIpc) is 3.36. The number of aromatic nitrogens is 2. The number of fused-ring (bicyclic) bond motifs is 1. The lowest BCUT2D eigenvalue weighted by Gasteiger charge is -2.33. The van der Waals surface area contributed by atoms with Crippen LogP contribution in [0.25, 0.3) is 11.0 Å². The largest absolute Gasteiger partial charge is 0.495 e. The van der Waals surface area contributed by atoms with Gasteiger partial charge in [-0.05, 0) is 55.7 Å². The van der Waals surface area contributed by atoms with Crippen molar-refractivity contribution in [2.24, 2.45) is 0 Å². The first-order valence-corrected chi connectivity index (χ1v) is 11.6. The molecule has 0 bridgehead atoms. The Morgan fingerprint density at radius 1 is 1.12 bits per heavy atom. The van der Waals surface area contributed by atoms with Crippen LogP contribution in [0.15, 0.2) is 48.5 Å². The standard InChI is InChI=1S/C24H28N4O3S/c1-30-22-9-5-4-8-21(22)27-16-18(31-24(27)29)12-15-26-13-10-17(11-14-26)28-20-7-3-2-6-19(20)25-23(28)32/h2-9,17-18H,10-16H2,1H3,(H,25,32). The summed E-state index contributed by atoms with van der Waals surface area (Å²) in [4.78, 5) is 19.9. The smallest absolute Gasteiger partial charge is 0.414 e. The van der Waals surface area contributed by atoms with Gasteiger partial charge in [0.05, 0.1) is 30.4 Å². The van der Waals surface area contributed by atoms with E-state index in [-0.39, 0.29) is 12.2 Å². The third kappa shape index (κ3) is 4.00. The molecule has 3 heterocycles. The molecular formula is C24H28N4O3S. The minimum atomic E-state index is -0.299. The van der Waals surface area contributed by atoms with Crippen LogP contribution < -0.4 is 9.64 Å². The normalized spacial score (nSPS) is 20.1. The number of amides is 1. The molecule has 2 aromatic carbocycles. The topological polar surface area (TPSA) is 62.7 Å². The Morgan fingerprint density at radius 2 is 1.88 bits per heavy atom. The van der Waals surface area contributed by atoms with Gasteiger partial charge in [0, 0.05) is 25.7 Å². The summed E-state index contributed by atoms with van der Waals surface area (Å²) in [7, 11) is 1.62. The van der Waals surface area contributed by atoms with E-state index in [4.69, 9.17) is 21.7 Å². The summed E-state index contributed by atoms with van der Waals surface area (Å²) in [5.74, 6) is 0.683. The van der Waals surface area contributed by atoms with Crippen molar-refractivity contribution in [2.45, 2.75) is 31.4 Å². The van der Waals surface area contributed by atoms with E-state index in [9.17, 15) is 4.79 Å². The number of imidazole rings is 1. The molecule has 2 aliphatic heterocycles. The quantitative estimate of drug-likeness (QED) is 0.547. The lowest BCUT2D eigenvalue weighted by molar-refractivity contribution is 0.117. The number of carbonyl (C=O) groups excluding carboxylic acids is 1. The summed E-state index contributed by atoms with van der Waals surface area (Å²) in [6.07, 6.45) is 2.55. The third-order valence-electron chi connectivity index (χ3n) is 6.56. The van der Waals surface area contributed by atoms with E-state index in [2.05, 4.69) is 32.7 Å². The number of hydrogen-bond donors (Lipinski definition) is 1. The van der Waals surface area contributed by atoms with Crippen LogP contribution in [-0.2, 0) is 4.74 Å². The summed E-state index contributed by atoms with van der Waals surface area (Å²) in [6, 6.07) is 16.3. The highest BCUT2D eigenvalue weighted by Crippen LogP contribution is 2.32. The molecule has 1 unspecified atom stereocenters. The molecule has 7 nitrogen and oxygen atoms in total. The number of likely N-dealkylation sites (tertiary alicyclic amines) is 1. The van der Waals surface area contributed by atoms with Gasteiger partial charge in [-0.15, -0.1) is 0 Å². The van der Waals surface area contributed by atoms with Crippen LogP contribution in [-0.4, -0.2) is 59.9 Å². The summed E-state index contributed by atoms with van der Waals surface area (Å²) in [6.45, 7) is 3.51. The molecule has 1 aromatic heterocycles. The van der Waals surface area contributed by atoms with Crippen molar-refractivity contribution >= 4 is 35.0 Å². The zero-order chi connectivity index (χ0) is 22.1. The molecule has 2 saturated heterocycles. The van der Waals surface area contributed by atoms with Gasteiger partial charge in [0.1, 0.15) is 11.9 Å². The van der Waals surface area contributed by atoms with E-state index >= 15 is 0 Å². The van der Waals surface area contributed by atoms with Crippen molar-refractivity contribution in [1.29, 1.82) is 0 Å². The molecule has 0 aliphatic carbocycles. The number of nitrogens with zero attached hydrogens (tertiary/aromatic N) is 3. The first-order valence-electron chi connectivity index (χ1n) is 11.2. The molecule has 32 heavy (non-hydrogen) atoms. The Morgan fingerprint density at radius 3 is 2.69 bits per heavy atom. The van der Waals surface area contributed by atoms with Crippen molar-refractivity contribution in [1.82, 2.24) is 14.5 Å². The molecule has 1 amide bonds. The maximum absolute atomic E-state index is 12.4. The van der Waals surface area contributed by atoms with Gasteiger partial charge in [0.25, 0.3) is 0 Å². The molecule has 0 spiro atoms. The fourth-order valence-electron chi connectivity index (χ4n) is 4.89. The number of piperidine rings is 1. The fraction of sp³-hybridized carbons (Fsp3) is 0.417. The number of H-pyrrole nitrogens is 1. The Hall–Kier alpha value is -2.84. The van der Waals surface area contributed by atoms with Gasteiger partial charge < -0.3 is 23.9 Å². The number of para-hydroxylation sites is 4. The predicted octanol–water partition coefficient (Wildman–Crippen LogP) is 4.76. The number of hydrogen-bond acceptors (Lipinski definition) is 5. The van der Waals surface area contributed by atoms with Crippen molar-refractivity contribution in [3.63, 3.8) is 0 Å². The van der Waals surface area contributed by atoms with Crippen LogP contribution in [0, 0.1) is 4.77 Å². The monoisotopic (exact) mass is 452 g/mol. The van der Waals surface area contributed by atoms with Crippen molar-refractivity contribution < 1.29 is 14.3 Å². The highest BCUT2D eigenvalue weighted by atomic mass is 32.1. The number of anilines is 1. The molecule has 2 fully saturated rings. The van der Waals surface area contributed by atoms with Crippen LogP contribution in [0.2, 0.25) is 0 Å². The molecule has 1 N–H and O–H groups in total. The maximum Gasteiger partial charge on any atom is 0.414 e. The van der Waals surface area contributed by atoms with Crippen LogP contribution in [0.3, 0.4) is 0 Å². The highest BCUT2D eigenvalue weighted by molar-refractivity contribution is 7.71. The summed E-state index contributed by atoms with van der Waals surface area (Å²) in [5, 5.41) is 0. The molecule has 2 aliphatic rings. The Labute approximate surface area is 192 Å². The number of cyclic esters (lactones) is 1. The first kappa shape index (κ1) is 21.0. The second-order valence-electron chi connectivity index (χ2n) is 8.47. The Balaban J connectivity index is 1.16. The van der Waals surface area contributed by atoms with Gasteiger partial charge in [0.15, 0.2) is 4.77 Å². The van der Waals surface area contributed by atoms with Crippen molar-refractivity contribution in [3.8, 4) is 5.75 Å². The van der Waals surface area contributed by atoms with E-state index in [0.717, 1.165) is 54.9 Å². The molecular weight excluding hydrogens is 424 g/mol. The lowest BCUT2D eigenvalue weighted by Crippen LogP contribution is -2.36. The first-order chi connectivity index (χ1) is 15.6. The molecule has 5 rings (SSSR count). The maximum atomic E-state index is 12.4. The third-order valence-corrected chi connectivity index (χ3v) is 6.86. The Kier molecular flexibility index (Phi) is 5.89. The zero-order valence-corrected chi connectivity index (χ0v) is 19.0. The van der Waals surface area contributed by atoms with E-state index in [1.165, 1.54) is 5.52 Å². The molecule has 168 valence electrons. The minimum absolute atomic E-state index is 0.104. The van der Waals surface area contributed by atoms with Crippen molar-refractivity contribution in [2.75, 3.05) is 38.2 Å². The van der Waals surface area contributed by atoms with E-state index < -0.39 is 0 Å². The summed E-state index contributed by atoms with van der Waals surface area (Å²) in [5.41, 5.74) is 3.05. The number of nitrogens with one attached hydrogen (secondary N) is 1. The number of rotatable bonds is 6. The van der Waals surface area contributed by atoms with E-state index in [1.807, 2.05) is 30.3 Å². The second kappa shape index (κ2) is 8.96. The fourth-order valence-corrected chi connectivity index (χ4v) is 5.24. The number of methoxy groups -OCH3 is 1. The van der Waals surface area contributed by atoms with Gasteiger partial charge in [-0.2, -0.15) is 0 Å². The lowest BCUT2D eigenvalue weighted by atomic mass is 10.0. The van der Waals surface area contributed by atoms with Gasteiger partial charge in [-0.25, -0.2) is 4.79 Å². The molecule has 0 saturated carbocycles. The highest BCUT2D eigenvalue weighted by Gasteiger charge is 2.34. The second-order valence-corrected chi connectivity index (χ2v) is 8.85. The molecule has 1 atom stereocenters. The predicted molar refractivity (Wildman–Crippen MR) is 127 cm³/mol. The van der Waals surface area contributed by atoms with E-state index in [0.29, 0.717) is 18.3 Å². The van der Waals surface area contributed by atoms with Crippen LogP contribution >= 0.6 is 12.2 Å². The Bertz CT molecular complexity index is 1170. The minimum Gasteiger partial charge on any atom is -0.495 e. The summed E-state index contributed by atoms with van der Waals surface area (Å²) < 4.78 is 14.1. The number of carbonyl (C=O) groups is 1. The summed E-state index contributed by atoms with van der Waals surface area (Å²) >= 11 is 5.60.